The minimum atomic E-state index is -0.437. The third kappa shape index (κ3) is 4.64. The molecule has 1 heterocycles. The molecule has 1 rings (SSSR count). The Kier molecular flexibility index (Phi) is 4.95. The Morgan fingerprint density at radius 3 is 2.65 bits per heavy atom. The van der Waals surface area contributed by atoms with Crippen molar-refractivity contribution in [2.24, 2.45) is 11.3 Å². The van der Waals surface area contributed by atoms with Crippen LogP contribution >= 0.6 is 0 Å². The molecule has 17 heavy (non-hydrogen) atoms. The van der Waals surface area contributed by atoms with E-state index in [-0.39, 0.29) is 5.97 Å². The number of rotatable bonds is 3. The van der Waals surface area contributed by atoms with Crippen LogP contribution in [0.1, 0.15) is 41.0 Å². The maximum Gasteiger partial charge on any atom is 0.330 e. The number of piperazine rings is 1. The van der Waals surface area contributed by atoms with Gasteiger partial charge in [0.25, 0.3) is 0 Å². The molecule has 1 aliphatic rings. The highest BCUT2D eigenvalue weighted by atomic mass is 16.7. The van der Waals surface area contributed by atoms with Crippen molar-refractivity contribution in [3.05, 3.63) is 0 Å². The van der Waals surface area contributed by atoms with Gasteiger partial charge in [-0.05, 0) is 33.1 Å². The lowest BCUT2D eigenvalue weighted by Crippen LogP contribution is -2.53. The van der Waals surface area contributed by atoms with Gasteiger partial charge in [0, 0.05) is 19.6 Å². The molecule has 0 aromatic heterocycles. The highest BCUT2D eigenvalue weighted by Crippen LogP contribution is 2.19. The van der Waals surface area contributed by atoms with E-state index in [2.05, 4.69) is 19.2 Å². The predicted octanol–water partition coefficient (Wildman–Crippen LogP) is 1.81. The van der Waals surface area contributed by atoms with Crippen LogP contribution in [0, 0.1) is 11.3 Å². The van der Waals surface area contributed by atoms with E-state index in [1.807, 2.05) is 25.8 Å². The Morgan fingerprint density at radius 2 is 2.12 bits per heavy atom. The maximum absolute atomic E-state index is 11.9. The highest BCUT2D eigenvalue weighted by Gasteiger charge is 2.31. The molecule has 4 heteroatoms. The van der Waals surface area contributed by atoms with Crippen LogP contribution in [0.2, 0.25) is 0 Å². The number of hydrogen-bond acceptors (Lipinski definition) is 4. The molecule has 0 aromatic carbocycles. The first-order valence-corrected chi connectivity index (χ1v) is 6.50. The van der Waals surface area contributed by atoms with Crippen molar-refractivity contribution in [1.29, 1.82) is 0 Å². The van der Waals surface area contributed by atoms with Crippen LogP contribution in [-0.2, 0) is 9.63 Å². The average Bonchev–Trinajstić information content (AvgIpc) is 2.18. The summed E-state index contributed by atoms with van der Waals surface area (Å²) in [6.45, 7) is 12.6. The summed E-state index contributed by atoms with van der Waals surface area (Å²) < 4.78 is 0. The Bertz CT molecular complexity index is 259. The minimum absolute atomic E-state index is 0.145. The van der Waals surface area contributed by atoms with Crippen LogP contribution in [0.5, 0.6) is 0 Å². The second kappa shape index (κ2) is 5.83. The Labute approximate surface area is 105 Å². The van der Waals surface area contributed by atoms with Gasteiger partial charge < -0.3 is 10.2 Å². The first-order valence-electron chi connectivity index (χ1n) is 6.50. The van der Waals surface area contributed by atoms with E-state index in [9.17, 15) is 4.79 Å². The molecule has 0 radical (unpaired) electrons. The molecule has 0 saturated carbocycles. The minimum Gasteiger partial charge on any atom is -0.367 e. The van der Waals surface area contributed by atoms with Gasteiger partial charge in [-0.15, -0.1) is 5.06 Å². The molecule has 1 aliphatic heterocycles. The second-order valence-corrected chi connectivity index (χ2v) is 6.26. The van der Waals surface area contributed by atoms with Crippen molar-refractivity contribution in [3.8, 4) is 0 Å². The van der Waals surface area contributed by atoms with Gasteiger partial charge >= 0.3 is 5.97 Å². The Hall–Kier alpha value is -0.610. The quantitative estimate of drug-likeness (QED) is 0.819. The van der Waals surface area contributed by atoms with Crippen LogP contribution in [-0.4, -0.2) is 36.7 Å². The van der Waals surface area contributed by atoms with Crippen molar-refractivity contribution in [1.82, 2.24) is 10.4 Å². The first-order chi connectivity index (χ1) is 7.80. The van der Waals surface area contributed by atoms with Crippen LogP contribution < -0.4 is 5.32 Å². The molecular weight excluding hydrogens is 216 g/mol. The van der Waals surface area contributed by atoms with Gasteiger partial charge in [-0.1, -0.05) is 13.8 Å². The summed E-state index contributed by atoms with van der Waals surface area (Å²) in [5, 5.41) is 5.21. The van der Waals surface area contributed by atoms with E-state index in [1.165, 1.54) is 0 Å². The van der Waals surface area contributed by atoms with Gasteiger partial charge in [-0.25, -0.2) is 4.79 Å². The zero-order valence-electron chi connectivity index (χ0n) is 11.7. The molecule has 0 aromatic rings. The number of nitrogens with one attached hydrogen (secondary N) is 1. The molecule has 1 atom stereocenters. The molecule has 0 unspecified atom stereocenters. The topological polar surface area (TPSA) is 41.6 Å². The zero-order valence-corrected chi connectivity index (χ0v) is 11.7. The summed E-state index contributed by atoms with van der Waals surface area (Å²) in [5.74, 6) is 0.462. The fraction of sp³-hybridized carbons (Fsp3) is 0.923. The van der Waals surface area contributed by atoms with Crippen LogP contribution in [0.15, 0.2) is 0 Å². The van der Waals surface area contributed by atoms with Crippen LogP contribution in [0.4, 0.5) is 0 Å². The van der Waals surface area contributed by atoms with Gasteiger partial charge in [0.2, 0.25) is 0 Å². The number of hydrogen-bond donors (Lipinski definition) is 1. The summed E-state index contributed by atoms with van der Waals surface area (Å²) in [4.78, 5) is 17.4. The molecule has 1 N–H and O–H groups in total. The summed E-state index contributed by atoms with van der Waals surface area (Å²) in [6, 6.07) is 0.301. The second-order valence-electron chi connectivity index (χ2n) is 6.26. The smallest absolute Gasteiger partial charge is 0.330 e. The number of carbonyl (C=O) groups excluding carboxylic acids is 1. The van der Waals surface area contributed by atoms with Crippen molar-refractivity contribution in [2.45, 2.75) is 47.1 Å². The van der Waals surface area contributed by atoms with Crippen LogP contribution in [0.3, 0.4) is 0 Å². The lowest BCUT2D eigenvalue weighted by Gasteiger charge is -2.36. The molecule has 4 nitrogen and oxygen atoms in total. The van der Waals surface area contributed by atoms with E-state index in [0.717, 1.165) is 26.1 Å². The maximum atomic E-state index is 11.9. The van der Waals surface area contributed by atoms with Gasteiger partial charge in [0.15, 0.2) is 0 Å². The molecule has 1 fully saturated rings. The normalized spacial score (nSPS) is 22.8. The predicted molar refractivity (Wildman–Crippen MR) is 68.4 cm³/mol. The molecule has 100 valence electrons. The molecule has 1 saturated heterocycles. The average molecular weight is 242 g/mol. The van der Waals surface area contributed by atoms with Gasteiger partial charge in [0.05, 0.1) is 11.5 Å². The summed E-state index contributed by atoms with van der Waals surface area (Å²) in [6.07, 6.45) is 1.05. The number of carbonyl (C=O) groups is 1. The van der Waals surface area contributed by atoms with E-state index in [0.29, 0.717) is 12.0 Å². The third-order valence-corrected chi connectivity index (χ3v) is 2.85. The highest BCUT2D eigenvalue weighted by molar-refractivity contribution is 5.75. The van der Waals surface area contributed by atoms with Crippen molar-refractivity contribution >= 4 is 5.97 Å². The Morgan fingerprint density at radius 1 is 1.47 bits per heavy atom. The fourth-order valence-electron chi connectivity index (χ4n) is 1.85. The van der Waals surface area contributed by atoms with Crippen molar-refractivity contribution in [3.63, 3.8) is 0 Å². The van der Waals surface area contributed by atoms with Gasteiger partial charge in [-0.3, -0.25) is 0 Å². The van der Waals surface area contributed by atoms with Crippen molar-refractivity contribution < 1.29 is 9.63 Å². The lowest BCUT2D eigenvalue weighted by atomic mass is 9.97. The molecular formula is C13H26N2O2. The van der Waals surface area contributed by atoms with Gasteiger partial charge in [-0.2, -0.15) is 0 Å². The van der Waals surface area contributed by atoms with E-state index < -0.39 is 5.41 Å². The van der Waals surface area contributed by atoms with Gasteiger partial charge in [0.1, 0.15) is 0 Å². The monoisotopic (exact) mass is 242 g/mol. The molecule has 0 amide bonds. The van der Waals surface area contributed by atoms with E-state index in [1.54, 1.807) is 0 Å². The SMILES string of the molecule is CC(C)C[C@@H]1CNCCN1OC(=O)C(C)(C)C. The first kappa shape index (κ1) is 14.5. The van der Waals surface area contributed by atoms with E-state index >= 15 is 0 Å². The van der Waals surface area contributed by atoms with Crippen molar-refractivity contribution in [2.75, 3.05) is 19.6 Å². The zero-order chi connectivity index (χ0) is 13.1. The number of hydroxylamine groups is 2. The third-order valence-electron chi connectivity index (χ3n) is 2.85. The fourth-order valence-corrected chi connectivity index (χ4v) is 1.85. The standard InChI is InChI=1S/C13H26N2O2/c1-10(2)8-11-9-14-6-7-15(11)17-12(16)13(3,4)5/h10-11,14H,6-9H2,1-5H3/t11-/m1/s1. The molecule has 0 bridgehead atoms. The van der Waals surface area contributed by atoms with Crippen LogP contribution in [0.25, 0.3) is 0 Å². The molecule has 0 aliphatic carbocycles. The summed E-state index contributed by atoms with van der Waals surface area (Å²) >= 11 is 0. The lowest BCUT2D eigenvalue weighted by molar-refractivity contribution is -0.216. The largest absolute Gasteiger partial charge is 0.367 e. The Balaban J connectivity index is 2.56. The number of nitrogens with zero attached hydrogens (tertiary/aromatic N) is 1. The summed E-state index contributed by atoms with van der Waals surface area (Å²) in [7, 11) is 0. The van der Waals surface area contributed by atoms with E-state index in [4.69, 9.17) is 4.84 Å². The molecule has 0 spiro atoms. The summed E-state index contributed by atoms with van der Waals surface area (Å²) in [5.41, 5.74) is -0.437.